The van der Waals surface area contributed by atoms with E-state index < -0.39 is 16.9 Å². The van der Waals surface area contributed by atoms with Crippen molar-refractivity contribution in [1.29, 1.82) is 5.26 Å². The zero-order valence-electron chi connectivity index (χ0n) is 10.7. The number of nitriles is 1. The van der Waals surface area contributed by atoms with Gasteiger partial charge in [-0.15, -0.1) is 0 Å². The third-order valence-corrected chi connectivity index (χ3v) is 4.46. The largest absolute Gasteiger partial charge is 0.392 e. The van der Waals surface area contributed by atoms with Gasteiger partial charge in [-0.2, -0.15) is 5.26 Å². The maximum Gasteiger partial charge on any atom is 0.0898 e. The van der Waals surface area contributed by atoms with Gasteiger partial charge in [0.05, 0.1) is 17.6 Å². The number of hydrogen-bond acceptors (Lipinski definition) is 2. The Kier molecular flexibility index (Phi) is 2.75. The van der Waals surface area contributed by atoms with Crippen LogP contribution in [-0.2, 0) is 5.41 Å². The third-order valence-electron chi connectivity index (χ3n) is 4.46. The summed E-state index contributed by atoms with van der Waals surface area (Å²) in [5, 5.41) is 19.7. The molecule has 1 aliphatic carbocycles. The van der Waals surface area contributed by atoms with Crippen molar-refractivity contribution in [3.63, 3.8) is 0 Å². The molecule has 2 nitrogen and oxygen atoms in total. The molecular weight excluding hydrogens is 210 g/mol. The van der Waals surface area contributed by atoms with Crippen LogP contribution in [0.2, 0.25) is 0 Å². The fourth-order valence-corrected chi connectivity index (χ4v) is 2.94. The Balaban J connectivity index is 2.53. The van der Waals surface area contributed by atoms with E-state index in [1.807, 2.05) is 45.0 Å². The first-order valence-electron chi connectivity index (χ1n) is 6.10. The van der Waals surface area contributed by atoms with Crippen molar-refractivity contribution in [2.45, 2.75) is 45.1 Å². The average molecular weight is 229 g/mol. The Morgan fingerprint density at radius 2 is 1.88 bits per heavy atom. The smallest absolute Gasteiger partial charge is 0.0898 e. The van der Waals surface area contributed by atoms with Gasteiger partial charge in [-0.1, -0.05) is 43.7 Å². The van der Waals surface area contributed by atoms with Gasteiger partial charge in [0.15, 0.2) is 0 Å². The number of aliphatic hydroxyl groups is 1. The summed E-state index contributed by atoms with van der Waals surface area (Å²) in [5.41, 5.74) is 1.28. The molecule has 0 aliphatic heterocycles. The molecule has 1 fully saturated rings. The molecule has 90 valence electrons. The van der Waals surface area contributed by atoms with Gasteiger partial charge in [0.1, 0.15) is 0 Å². The molecule has 0 spiro atoms. The first-order chi connectivity index (χ1) is 7.94. The van der Waals surface area contributed by atoms with E-state index in [9.17, 15) is 10.4 Å². The van der Waals surface area contributed by atoms with Crippen LogP contribution in [-0.4, -0.2) is 11.2 Å². The number of nitrogens with zero attached hydrogens (tertiary/aromatic N) is 1. The van der Waals surface area contributed by atoms with Crippen LogP contribution in [0.1, 0.15) is 37.8 Å². The Hall–Kier alpha value is -1.33. The van der Waals surface area contributed by atoms with Crippen LogP contribution < -0.4 is 0 Å². The second-order valence-corrected chi connectivity index (χ2v) is 5.66. The molecule has 2 heteroatoms. The maximum absolute atomic E-state index is 10.1. The summed E-state index contributed by atoms with van der Waals surface area (Å²) in [5.74, 6) is 0. The number of benzene rings is 1. The van der Waals surface area contributed by atoms with E-state index in [4.69, 9.17) is 0 Å². The maximum atomic E-state index is 10.1. The Labute approximate surface area is 103 Å². The van der Waals surface area contributed by atoms with Crippen molar-refractivity contribution < 1.29 is 5.11 Å². The van der Waals surface area contributed by atoms with Crippen LogP contribution >= 0.6 is 0 Å². The van der Waals surface area contributed by atoms with Crippen LogP contribution in [0.15, 0.2) is 24.3 Å². The Morgan fingerprint density at radius 3 is 2.29 bits per heavy atom. The number of rotatable bonds is 1. The summed E-state index contributed by atoms with van der Waals surface area (Å²) in [6.07, 6.45) is 1.04. The molecule has 0 saturated heterocycles. The highest BCUT2D eigenvalue weighted by Crippen LogP contribution is 2.53. The minimum Gasteiger partial charge on any atom is -0.392 e. The van der Waals surface area contributed by atoms with Crippen LogP contribution in [0.5, 0.6) is 0 Å². The molecule has 1 saturated carbocycles. The third kappa shape index (κ3) is 1.57. The molecule has 0 heterocycles. The van der Waals surface area contributed by atoms with Crippen molar-refractivity contribution >= 4 is 0 Å². The highest BCUT2D eigenvalue weighted by molar-refractivity contribution is 5.39. The number of aryl methyl sites for hydroxylation is 1. The van der Waals surface area contributed by atoms with Crippen LogP contribution in [0.3, 0.4) is 0 Å². The first kappa shape index (κ1) is 12.1. The van der Waals surface area contributed by atoms with Gasteiger partial charge in [0, 0.05) is 5.41 Å². The highest BCUT2D eigenvalue weighted by Gasteiger charge is 2.55. The molecule has 2 atom stereocenters. The molecule has 1 aromatic rings. The number of aliphatic hydroxyl groups excluding tert-OH is 1. The van der Waals surface area contributed by atoms with Gasteiger partial charge in [0.2, 0.25) is 0 Å². The predicted octanol–water partition coefficient (Wildman–Crippen LogP) is 2.94. The molecule has 0 radical (unpaired) electrons. The molecule has 1 aliphatic rings. The summed E-state index contributed by atoms with van der Waals surface area (Å²) in [6, 6.07) is 10.6. The van der Waals surface area contributed by atoms with E-state index in [-0.39, 0.29) is 0 Å². The predicted molar refractivity (Wildman–Crippen MR) is 67.5 cm³/mol. The minimum atomic E-state index is -0.555. The van der Waals surface area contributed by atoms with Gasteiger partial charge < -0.3 is 5.11 Å². The van der Waals surface area contributed by atoms with Crippen molar-refractivity contribution in [3.05, 3.63) is 35.4 Å². The minimum absolute atomic E-state index is 0.392. The average Bonchev–Trinajstić information content (AvgIpc) is 2.53. The van der Waals surface area contributed by atoms with E-state index in [2.05, 4.69) is 6.07 Å². The van der Waals surface area contributed by atoms with E-state index in [1.165, 1.54) is 5.56 Å². The fraction of sp³-hybridized carbons (Fsp3) is 0.533. The molecule has 0 unspecified atom stereocenters. The molecule has 0 aromatic heterocycles. The summed E-state index contributed by atoms with van der Waals surface area (Å²) < 4.78 is 0. The Morgan fingerprint density at radius 1 is 1.29 bits per heavy atom. The van der Waals surface area contributed by atoms with Crippen LogP contribution in [0.4, 0.5) is 0 Å². The van der Waals surface area contributed by atoms with Gasteiger partial charge >= 0.3 is 0 Å². The van der Waals surface area contributed by atoms with E-state index in [1.54, 1.807) is 0 Å². The molecule has 17 heavy (non-hydrogen) atoms. The fourth-order valence-electron chi connectivity index (χ4n) is 2.94. The lowest BCUT2D eigenvalue weighted by atomic mass is 9.64. The highest BCUT2D eigenvalue weighted by atomic mass is 16.3. The molecule has 2 rings (SSSR count). The zero-order valence-corrected chi connectivity index (χ0v) is 10.7. The summed E-state index contributed by atoms with van der Waals surface area (Å²) >= 11 is 0. The van der Waals surface area contributed by atoms with E-state index in [0.717, 1.165) is 12.0 Å². The second-order valence-electron chi connectivity index (χ2n) is 5.66. The summed E-state index contributed by atoms with van der Waals surface area (Å²) in [7, 11) is 0. The number of hydrogen-bond donors (Lipinski definition) is 1. The van der Waals surface area contributed by atoms with Crippen molar-refractivity contribution in [3.8, 4) is 6.07 Å². The topological polar surface area (TPSA) is 44.0 Å². The van der Waals surface area contributed by atoms with Crippen LogP contribution in [0, 0.1) is 23.7 Å². The second kappa shape index (κ2) is 3.85. The molecule has 1 N–H and O–H groups in total. The van der Waals surface area contributed by atoms with E-state index >= 15 is 0 Å². The molecular formula is C15H19NO. The quantitative estimate of drug-likeness (QED) is 0.804. The summed E-state index contributed by atoms with van der Waals surface area (Å²) in [6.45, 7) is 6.03. The first-order valence-corrected chi connectivity index (χ1v) is 6.10. The monoisotopic (exact) mass is 229 g/mol. The normalized spacial score (nSPS) is 31.1. The van der Waals surface area contributed by atoms with Gasteiger partial charge in [-0.25, -0.2) is 0 Å². The standard InChI is InChI=1S/C15H19NO/c1-11-4-6-12(7-5-11)15(10-16)9-8-13(17)14(15,2)3/h4-7,13,17H,8-9H2,1-3H3/t13-,15+/m0/s1. The van der Waals surface area contributed by atoms with E-state index in [0.29, 0.717) is 6.42 Å². The molecule has 0 bridgehead atoms. The van der Waals surface area contributed by atoms with Crippen molar-refractivity contribution in [1.82, 2.24) is 0 Å². The van der Waals surface area contributed by atoms with Crippen molar-refractivity contribution in [2.24, 2.45) is 5.41 Å². The van der Waals surface area contributed by atoms with Gasteiger partial charge in [0.25, 0.3) is 0 Å². The van der Waals surface area contributed by atoms with Gasteiger partial charge in [-0.3, -0.25) is 0 Å². The lowest BCUT2D eigenvalue weighted by Gasteiger charge is -2.37. The zero-order chi connectivity index (χ0) is 12.7. The van der Waals surface area contributed by atoms with Crippen molar-refractivity contribution in [2.75, 3.05) is 0 Å². The molecule has 0 amide bonds. The van der Waals surface area contributed by atoms with Gasteiger partial charge in [-0.05, 0) is 25.3 Å². The lowest BCUT2D eigenvalue weighted by molar-refractivity contribution is 0.0553. The van der Waals surface area contributed by atoms with Crippen LogP contribution in [0.25, 0.3) is 0 Å². The lowest BCUT2D eigenvalue weighted by Crippen LogP contribution is -2.41. The summed E-state index contributed by atoms with van der Waals surface area (Å²) in [4.78, 5) is 0. The SMILES string of the molecule is Cc1ccc([C@]2(C#N)CC[C@H](O)C2(C)C)cc1. The molecule has 1 aromatic carbocycles. The Bertz CT molecular complexity index is 455.